The molecule has 144 valence electrons. The average Bonchev–Trinajstić information content (AvgIpc) is 3.17. The van der Waals surface area contributed by atoms with Gasteiger partial charge in [0.05, 0.1) is 11.2 Å². The molecule has 1 saturated heterocycles. The Labute approximate surface area is 153 Å². The van der Waals surface area contributed by atoms with Gasteiger partial charge < -0.3 is 9.42 Å². The molecule has 2 heterocycles. The van der Waals surface area contributed by atoms with Gasteiger partial charge in [-0.05, 0) is 45.4 Å². The molecule has 3 fully saturated rings. The number of nitrogens with zero attached hydrogens (tertiary/aromatic N) is 3. The Kier molecular flexibility index (Phi) is 4.34. The lowest BCUT2D eigenvalue weighted by Crippen LogP contribution is -2.42. The molecule has 0 radical (unpaired) electrons. The summed E-state index contributed by atoms with van der Waals surface area (Å²) in [6.07, 6.45) is 4.36. The molecular formula is C17H26N4O4S. The number of hydrogen-bond donors (Lipinski definition) is 1. The molecule has 9 heteroatoms. The van der Waals surface area contributed by atoms with Crippen LogP contribution in [0.2, 0.25) is 0 Å². The number of sulfonamides is 1. The molecule has 2 saturated carbocycles. The van der Waals surface area contributed by atoms with Gasteiger partial charge in [-0.2, -0.15) is 4.98 Å². The van der Waals surface area contributed by atoms with Gasteiger partial charge in [0.1, 0.15) is 0 Å². The van der Waals surface area contributed by atoms with Gasteiger partial charge in [0.15, 0.2) is 5.82 Å². The lowest BCUT2D eigenvalue weighted by atomic mass is 9.80. The fraction of sp³-hybridized carbons (Fsp3) is 0.824. The summed E-state index contributed by atoms with van der Waals surface area (Å²) in [5.41, 5.74) is -0.443. The van der Waals surface area contributed by atoms with Gasteiger partial charge >= 0.3 is 0 Å². The summed E-state index contributed by atoms with van der Waals surface area (Å²) in [4.78, 5) is 19.1. The summed E-state index contributed by atoms with van der Waals surface area (Å²) >= 11 is 0. The van der Waals surface area contributed by atoms with Crippen molar-refractivity contribution in [2.45, 2.75) is 57.4 Å². The van der Waals surface area contributed by atoms with Crippen molar-refractivity contribution in [1.29, 1.82) is 0 Å². The summed E-state index contributed by atoms with van der Waals surface area (Å²) < 4.78 is 32.3. The molecule has 1 aromatic heterocycles. The molecule has 3 atom stereocenters. The second-order valence-electron chi connectivity index (χ2n) is 8.00. The molecule has 0 bridgehead atoms. The van der Waals surface area contributed by atoms with Crippen LogP contribution in [0.4, 0.5) is 0 Å². The molecule has 3 aliphatic rings. The van der Waals surface area contributed by atoms with Crippen molar-refractivity contribution >= 4 is 15.9 Å². The second kappa shape index (κ2) is 6.30. The number of rotatable bonds is 5. The molecule has 0 aromatic carbocycles. The predicted molar refractivity (Wildman–Crippen MR) is 93.7 cm³/mol. The molecule has 1 aliphatic heterocycles. The molecule has 8 nitrogen and oxygen atoms in total. The Balaban J connectivity index is 1.59. The van der Waals surface area contributed by atoms with Crippen molar-refractivity contribution in [1.82, 2.24) is 19.8 Å². The lowest BCUT2D eigenvalue weighted by molar-refractivity contribution is -0.137. The second-order valence-corrected chi connectivity index (χ2v) is 10.0. The number of likely N-dealkylation sites (tertiary alicyclic amines) is 1. The molecule has 26 heavy (non-hydrogen) atoms. The van der Waals surface area contributed by atoms with E-state index in [1.807, 2.05) is 4.90 Å². The molecule has 2 aliphatic carbocycles. The summed E-state index contributed by atoms with van der Waals surface area (Å²) in [5, 5.41) is 3.94. The minimum atomic E-state index is -3.27. The van der Waals surface area contributed by atoms with Gasteiger partial charge in [0, 0.05) is 25.0 Å². The van der Waals surface area contributed by atoms with Crippen molar-refractivity contribution in [3.05, 3.63) is 11.7 Å². The molecule has 0 spiro atoms. The maximum Gasteiger partial charge on any atom is 0.235 e. The number of aryl methyl sites for hydroxylation is 1. The van der Waals surface area contributed by atoms with E-state index in [1.54, 1.807) is 13.8 Å². The van der Waals surface area contributed by atoms with Crippen LogP contribution in [0.1, 0.15) is 50.7 Å². The van der Waals surface area contributed by atoms with E-state index in [0.29, 0.717) is 37.6 Å². The standard InChI is InChI=1S/C17H26N4O4S/c1-3-26(23,24)20-14-7-13-9-21(15(22)12-5-4-6-12)10-17(13,8-14)16-18-11(2)19-25-16/h12-14,20H,3-10H2,1-2H3/t13-,14+,17-/m0/s1. The highest BCUT2D eigenvalue weighted by Crippen LogP contribution is 2.50. The van der Waals surface area contributed by atoms with Gasteiger partial charge in [-0.15, -0.1) is 0 Å². The maximum atomic E-state index is 12.7. The number of amides is 1. The van der Waals surface area contributed by atoms with Crippen molar-refractivity contribution in [3.63, 3.8) is 0 Å². The van der Waals surface area contributed by atoms with E-state index in [2.05, 4.69) is 14.9 Å². The zero-order valence-corrected chi connectivity index (χ0v) is 16.1. The summed E-state index contributed by atoms with van der Waals surface area (Å²) in [6, 6.07) is -0.155. The Bertz CT molecular complexity index is 803. The predicted octanol–water partition coefficient (Wildman–Crippen LogP) is 0.976. The first-order chi connectivity index (χ1) is 12.3. The van der Waals surface area contributed by atoms with Crippen molar-refractivity contribution in [2.24, 2.45) is 11.8 Å². The van der Waals surface area contributed by atoms with Crippen molar-refractivity contribution in [2.75, 3.05) is 18.8 Å². The van der Waals surface area contributed by atoms with E-state index >= 15 is 0 Å². The quantitative estimate of drug-likeness (QED) is 0.814. The highest BCUT2D eigenvalue weighted by atomic mass is 32.2. The number of nitrogens with one attached hydrogen (secondary N) is 1. The van der Waals surface area contributed by atoms with Crippen LogP contribution in [0.5, 0.6) is 0 Å². The number of aromatic nitrogens is 2. The third-order valence-corrected chi connectivity index (χ3v) is 7.77. The molecule has 1 aromatic rings. The van der Waals surface area contributed by atoms with E-state index in [4.69, 9.17) is 4.52 Å². The molecular weight excluding hydrogens is 356 g/mol. The van der Waals surface area contributed by atoms with Crippen LogP contribution in [0.3, 0.4) is 0 Å². The van der Waals surface area contributed by atoms with Crippen LogP contribution < -0.4 is 4.72 Å². The Hall–Kier alpha value is -1.48. The fourth-order valence-electron chi connectivity index (χ4n) is 4.71. The third-order valence-electron chi connectivity index (χ3n) is 6.32. The summed E-state index contributed by atoms with van der Waals surface area (Å²) in [6.45, 7) is 4.59. The first kappa shape index (κ1) is 17.9. The zero-order chi connectivity index (χ0) is 18.5. The number of carbonyl (C=O) groups excluding carboxylic acids is 1. The first-order valence-electron chi connectivity index (χ1n) is 9.42. The molecule has 4 rings (SSSR count). The lowest BCUT2D eigenvalue weighted by Gasteiger charge is -2.31. The van der Waals surface area contributed by atoms with E-state index in [9.17, 15) is 13.2 Å². The Morgan fingerprint density at radius 3 is 2.77 bits per heavy atom. The van der Waals surface area contributed by atoms with Crippen LogP contribution >= 0.6 is 0 Å². The summed E-state index contributed by atoms with van der Waals surface area (Å²) in [7, 11) is -3.27. The van der Waals surface area contributed by atoms with Crippen LogP contribution in [0, 0.1) is 18.8 Å². The number of hydrogen-bond acceptors (Lipinski definition) is 6. The minimum absolute atomic E-state index is 0.0626. The highest BCUT2D eigenvalue weighted by Gasteiger charge is 2.58. The maximum absolute atomic E-state index is 12.7. The number of carbonyl (C=O) groups is 1. The van der Waals surface area contributed by atoms with Crippen LogP contribution in [-0.4, -0.2) is 54.2 Å². The van der Waals surface area contributed by atoms with Gasteiger partial charge in [0.25, 0.3) is 0 Å². The highest BCUT2D eigenvalue weighted by molar-refractivity contribution is 7.89. The SMILES string of the molecule is CCS(=O)(=O)N[C@@H]1C[C@H]2CN(C(=O)C3CCC3)C[C@@]2(c2nc(C)no2)C1. The van der Waals surface area contributed by atoms with E-state index in [1.165, 1.54) is 0 Å². The van der Waals surface area contributed by atoms with E-state index in [0.717, 1.165) is 19.3 Å². The van der Waals surface area contributed by atoms with Crippen LogP contribution in [-0.2, 0) is 20.2 Å². The largest absolute Gasteiger partial charge is 0.341 e. The van der Waals surface area contributed by atoms with Gasteiger partial charge in [0.2, 0.25) is 21.8 Å². The van der Waals surface area contributed by atoms with Crippen LogP contribution in [0.25, 0.3) is 0 Å². The van der Waals surface area contributed by atoms with Gasteiger partial charge in [-0.25, -0.2) is 13.1 Å². The topological polar surface area (TPSA) is 105 Å². The smallest absolute Gasteiger partial charge is 0.235 e. The van der Waals surface area contributed by atoms with Crippen molar-refractivity contribution in [3.8, 4) is 0 Å². The molecule has 1 amide bonds. The Morgan fingerprint density at radius 1 is 1.42 bits per heavy atom. The average molecular weight is 382 g/mol. The molecule has 0 unspecified atom stereocenters. The van der Waals surface area contributed by atoms with Crippen LogP contribution in [0.15, 0.2) is 4.52 Å². The van der Waals surface area contributed by atoms with E-state index < -0.39 is 15.4 Å². The first-order valence-corrected chi connectivity index (χ1v) is 11.1. The number of fused-ring (bicyclic) bond motifs is 1. The fourth-order valence-corrected chi connectivity index (χ4v) is 5.56. The van der Waals surface area contributed by atoms with E-state index in [-0.39, 0.29) is 29.5 Å². The minimum Gasteiger partial charge on any atom is -0.341 e. The summed E-state index contributed by atoms with van der Waals surface area (Å²) in [5.74, 6) is 1.69. The molecule has 1 N–H and O–H groups in total. The zero-order valence-electron chi connectivity index (χ0n) is 15.3. The van der Waals surface area contributed by atoms with Gasteiger partial charge in [-0.1, -0.05) is 11.6 Å². The Morgan fingerprint density at radius 2 is 2.19 bits per heavy atom. The van der Waals surface area contributed by atoms with Gasteiger partial charge in [-0.3, -0.25) is 4.79 Å². The third kappa shape index (κ3) is 2.94. The normalized spacial score (nSPS) is 31.8. The monoisotopic (exact) mass is 382 g/mol. The van der Waals surface area contributed by atoms with Crippen molar-refractivity contribution < 1.29 is 17.7 Å².